The Morgan fingerprint density at radius 1 is 1.28 bits per heavy atom. The van der Waals surface area contributed by atoms with Gasteiger partial charge in [-0.1, -0.05) is 39.0 Å². The molecule has 0 saturated heterocycles. The average molecular weight is 247 g/mol. The molecule has 1 rings (SSSR count). The Morgan fingerprint density at radius 2 is 1.94 bits per heavy atom. The maximum absolute atomic E-state index is 10.8. The van der Waals surface area contributed by atoms with Crippen molar-refractivity contribution in [2.45, 2.75) is 46.5 Å². The number of aryl methyl sites for hydroxylation is 1. The van der Waals surface area contributed by atoms with Crippen LogP contribution in [0, 0.1) is 6.92 Å². The van der Waals surface area contributed by atoms with E-state index in [9.17, 15) is 4.79 Å². The fourth-order valence-corrected chi connectivity index (χ4v) is 1.93. The standard InChI is InChI=1S/C16H25NO/c1-12-10-15(16(3,4)5)7-6-14(12)8-9-17-11-13(2)18/h6-7,10,17H,8-9,11H2,1-5H3. The molecule has 0 bridgehead atoms. The van der Waals surface area contributed by atoms with Gasteiger partial charge in [-0.05, 0) is 48.9 Å². The predicted octanol–water partition coefficient (Wildman–Crippen LogP) is 3.01. The zero-order valence-corrected chi connectivity index (χ0v) is 12.3. The first-order chi connectivity index (χ1) is 8.30. The molecular weight excluding hydrogens is 222 g/mol. The molecule has 1 N–H and O–H groups in total. The third-order valence-electron chi connectivity index (χ3n) is 3.15. The summed E-state index contributed by atoms with van der Waals surface area (Å²) in [5.74, 6) is 0.190. The lowest BCUT2D eigenvalue weighted by atomic mass is 9.85. The van der Waals surface area contributed by atoms with Crippen LogP contribution in [0.3, 0.4) is 0 Å². The van der Waals surface area contributed by atoms with Gasteiger partial charge in [-0.2, -0.15) is 0 Å². The second-order valence-electron chi connectivity index (χ2n) is 6.02. The van der Waals surface area contributed by atoms with E-state index in [0.717, 1.165) is 13.0 Å². The number of carbonyl (C=O) groups is 1. The van der Waals surface area contributed by atoms with Crippen LogP contribution in [0.5, 0.6) is 0 Å². The number of hydrogen-bond acceptors (Lipinski definition) is 2. The zero-order chi connectivity index (χ0) is 13.8. The van der Waals surface area contributed by atoms with Crippen molar-refractivity contribution in [3.05, 3.63) is 34.9 Å². The Bertz CT molecular complexity index is 416. The predicted molar refractivity (Wildman–Crippen MR) is 77.1 cm³/mol. The molecule has 0 aromatic heterocycles. The van der Waals surface area contributed by atoms with Gasteiger partial charge in [0.05, 0.1) is 6.54 Å². The SMILES string of the molecule is CC(=O)CNCCc1ccc(C(C)(C)C)cc1C. The smallest absolute Gasteiger partial charge is 0.143 e. The van der Waals surface area contributed by atoms with Crippen molar-refractivity contribution in [1.82, 2.24) is 5.32 Å². The lowest BCUT2D eigenvalue weighted by Crippen LogP contribution is -2.23. The molecule has 2 heteroatoms. The van der Waals surface area contributed by atoms with Crippen molar-refractivity contribution in [1.29, 1.82) is 0 Å². The first-order valence-corrected chi connectivity index (χ1v) is 6.61. The monoisotopic (exact) mass is 247 g/mol. The van der Waals surface area contributed by atoms with Crippen LogP contribution in [-0.4, -0.2) is 18.9 Å². The summed E-state index contributed by atoms with van der Waals surface area (Å²) in [6.45, 7) is 11.8. The molecule has 0 aliphatic heterocycles. The van der Waals surface area contributed by atoms with Crippen LogP contribution < -0.4 is 5.32 Å². The van der Waals surface area contributed by atoms with Gasteiger partial charge in [0.25, 0.3) is 0 Å². The van der Waals surface area contributed by atoms with Crippen molar-refractivity contribution in [3.63, 3.8) is 0 Å². The highest BCUT2D eigenvalue weighted by atomic mass is 16.1. The van der Waals surface area contributed by atoms with Gasteiger partial charge in [-0.3, -0.25) is 4.79 Å². The van der Waals surface area contributed by atoms with E-state index in [1.54, 1.807) is 6.92 Å². The van der Waals surface area contributed by atoms with E-state index in [1.165, 1.54) is 16.7 Å². The van der Waals surface area contributed by atoms with Crippen LogP contribution >= 0.6 is 0 Å². The molecule has 0 aliphatic carbocycles. The Kier molecular flexibility index (Phi) is 5.09. The molecular formula is C16H25NO. The average Bonchev–Trinajstić information content (AvgIpc) is 2.24. The van der Waals surface area contributed by atoms with E-state index in [0.29, 0.717) is 6.54 Å². The fourth-order valence-electron chi connectivity index (χ4n) is 1.93. The van der Waals surface area contributed by atoms with Gasteiger partial charge in [0, 0.05) is 0 Å². The van der Waals surface area contributed by atoms with Gasteiger partial charge in [-0.15, -0.1) is 0 Å². The van der Waals surface area contributed by atoms with Crippen LogP contribution in [0.2, 0.25) is 0 Å². The number of ketones is 1. The van der Waals surface area contributed by atoms with Crippen molar-refractivity contribution in [2.24, 2.45) is 0 Å². The van der Waals surface area contributed by atoms with Crippen LogP contribution in [0.4, 0.5) is 0 Å². The van der Waals surface area contributed by atoms with Gasteiger partial charge in [-0.25, -0.2) is 0 Å². The summed E-state index contributed by atoms with van der Waals surface area (Å²) in [5.41, 5.74) is 4.28. The van der Waals surface area contributed by atoms with Gasteiger partial charge in [0.1, 0.15) is 5.78 Å². The molecule has 100 valence electrons. The number of nitrogens with one attached hydrogen (secondary N) is 1. The van der Waals surface area contributed by atoms with Crippen molar-refractivity contribution < 1.29 is 4.79 Å². The van der Waals surface area contributed by atoms with Gasteiger partial charge in [0.2, 0.25) is 0 Å². The lowest BCUT2D eigenvalue weighted by molar-refractivity contribution is -0.116. The number of Topliss-reactive ketones (excluding diaryl/α,β-unsaturated/α-hetero) is 1. The molecule has 0 radical (unpaired) electrons. The maximum Gasteiger partial charge on any atom is 0.143 e. The van der Waals surface area contributed by atoms with Crippen molar-refractivity contribution in [2.75, 3.05) is 13.1 Å². The van der Waals surface area contributed by atoms with Crippen molar-refractivity contribution in [3.8, 4) is 0 Å². The quantitative estimate of drug-likeness (QED) is 0.810. The minimum atomic E-state index is 0.190. The fraction of sp³-hybridized carbons (Fsp3) is 0.562. The topological polar surface area (TPSA) is 29.1 Å². The maximum atomic E-state index is 10.8. The molecule has 0 unspecified atom stereocenters. The lowest BCUT2D eigenvalue weighted by Gasteiger charge is -2.20. The molecule has 0 heterocycles. The summed E-state index contributed by atoms with van der Waals surface area (Å²) in [6.07, 6.45) is 0.976. The highest BCUT2D eigenvalue weighted by Crippen LogP contribution is 2.24. The summed E-state index contributed by atoms with van der Waals surface area (Å²) in [6, 6.07) is 6.71. The Hall–Kier alpha value is -1.15. The molecule has 0 fully saturated rings. The summed E-state index contributed by atoms with van der Waals surface area (Å²) in [4.78, 5) is 10.8. The highest BCUT2D eigenvalue weighted by molar-refractivity contribution is 5.77. The number of rotatable bonds is 5. The van der Waals surface area contributed by atoms with Crippen LogP contribution in [-0.2, 0) is 16.6 Å². The number of carbonyl (C=O) groups excluding carboxylic acids is 1. The minimum absolute atomic E-state index is 0.190. The van der Waals surface area contributed by atoms with E-state index >= 15 is 0 Å². The minimum Gasteiger partial charge on any atom is -0.310 e. The first-order valence-electron chi connectivity index (χ1n) is 6.61. The van der Waals surface area contributed by atoms with Crippen LogP contribution in [0.1, 0.15) is 44.4 Å². The molecule has 1 aromatic carbocycles. The van der Waals surface area contributed by atoms with Crippen molar-refractivity contribution >= 4 is 5.78 Å². The van der Waals surface area contributed by atoms with Gasteiger partial charge < -0.3 is 5.32 Å². The largest absolute Gasteiger partial charge is 0.310 e. The highest BCUT2D eigenvalue weighted by Gasteiger charge is 2.14. The number of benzene rings is 1. The molecule has 2 nitrogen and oxygen atoms in total. The van der Waals surface area contributed by atoms with E-state index in [-0.39, 0.29) is 11.2 Å². The van der Waals surface area contributed by atoms with E-state index < -0.39 is 0 Å². The summed E-state index contributed by atoms with van der Waals surface area (Å²) < 4.78 is 0. The van der Waals surface area contributed by atoms with Gasteiger partial charge in [0.15, 0.2) is 0 Å². The van der Waals surface area contributed by atoms with Crippen LogP contribution in [0.25, 0.3) is 0 Å². The third-order valence-corrected chi connectivity index (χ3v) is 3.15. The molecule has 0 saturated carbocycles. The molecule has 0 spiro atoms. The number of hydrogen-bond donors (Lipinski definition) is 1. The molecule has 0 atom stereocenters. The Labute approximate surface area is 111 Å². The summed E-state index contributed by atoms with van der Waals surface area (Å²) >= 11 is 0. The first kappa shape index (κ1) is 14.9. The Balaban J connectivity index is 2.60. The molecule has 1 aromatic rings. The molecule has 0 aliphatic rings. The molecule has 18 heavy (non-hydrogen) atoms. The van der Waals surface area contributed by atoms with E-state index in [1.807, 2.05) is 0 Å². The Morgan fingerprint density at radius 3 is 2.44 bits per heavy atom. The van der Waals surface area contributed by atoms with E-state index in [2.05, 4.69) is 51.2 Å². The zero-order valence-electron chi connectivity index (χ0n) is 12.3. The second-order valence-corrected chi connectivity index (χ2v) is 6.02. The normalized spacial score (nSPS) is 11.6. The van der Waals surface area contributed by atoms with Gasteiger partial charge >= 0.3 is 0 Å². The summed E-state index contributed by atoms with van der Waals surface area (Å²) in [5, 5.41) is 3.16. The third kappa shape index (κ3) is 4.61. The summed E-state index contributed by atoms with van der Waals surface area (Å²) in [7, 11) is 0. The van der Waals surface area contributed by atoms with E-state index in [4.69, 9.17) is 0 Å². The second kappa shape index (κ2) is 6.14. The molecule has 0 amide bonds. The van der Waals surface area contributed by atoms with Crippen LogP contribution in [0.15, 0.2) is 18.2 Å².